The number of nitrogens with one attached hydrogen (secondary N) is 1. The van der Waals surface area contributed by atoms with Gasteiger partial charge in [-0.2, -0.15) is 0 Å². The molecule has 0 radical (unpaired) electrons. The lowest BCUT2D eigenvalue weighted by atomic mass is 9.67. The van der Waals surface area contributed by atoms with Crippen LogP contribution in [0.2, 0.25) is 0 Å². The molecule has 2 fully saturated rings. The van der Waals surface area contributed by atoms with E-state index in [1.54, 1.807) is 12.3 Å². The summed E-state index contributed by atoms with van der Waals surface area (Å²) in [6.07, 6.45) is 4.85. The summed E-state index contributed by atoms with van der Waals surface area (Å²) in [6, 6.07) is 0.0721. The first-order chi connectivity index (χ1) is 11.3. The van der Waals surface area contributed by atoms with E-state index >= 15 is 0 Å². The van der Waals surface area contributed by atoms with Crippen LogP contribution >= 0.6 is 11.3 Å². The molecule has 3 rings (SSSR count). The molecule has 0 saturated heterocycles. The number of esters is 1. The predicted molar refractivity (Wildman–Crippen MR) is 92.5 cm³/mol. The molecule has 2 aliphatic rings. The van der Waals surface area contributed by atoms with E-state index in [2.05, 4.69) is 4.72 Å². The summed E-state index contributed by atoms with van der Waals surface area (Å²) in [5.74, 6) is -0.0510. The van der Waals surface area contributed by atoms with Gasteiger partial charge in [0.15, 0.2) is 0 Å². The number of carbonyl (C=O) groups is 1. The Bertz CT molecular complexity index is 714. The van der Waals surface area contributed by atoms with E-state index in [0.717, 1.165) is 43.4 Å². The van der Waals surface area contributed by atoms with Gasteiger partial charge in [0, 0.05) is 12.1 Å². The average molecular weight is 373 g/mol. The molecule has 1 aromatic heterocycles. The molecular weight excluding hydrogens is 348 g/mol. The highest BCUT2D eigenvalue weighted by Crippen LogP contribution is 2.40. The van der Waals surface area contributed by atoms with Crippen LogP contribution in [-0.2, 0) is 14.8 Å². The van der Waals surface area contributed by atoms with Gasteiger partial charge in [-0.15, -0.1) is 11.3 Å². The van der Waals surface area contributed by atoms with Crippen molar-refractivity contribution in [3.63, 3.8) is 0 Å². The fourth-order valence-electron chi connectivity index (χ4n) is 4.22. The summed E-state index contributed by atoms with van der Waals surface area (Å²) in [7, 11) is -2.52. The Morgan fingerprint density at radius 1 is 1.33 bits per heavy atom. The third kappa shape index (κ3) is 3.24. The smallest absolute Gasteiger partial charge is 0.349 e. The number of aryl methyl sites for hydroxylation is 1. The van der Waals surface area contributed by atoms with Gasteiger partial charge in [0.25, 0.3) is 0 Å². The second-order valence-electron chi connectivity index (χ2n) is 6.90. The van der Waals surface area contributed by atoms with E-state index in [0.29, 0.717) is 5.56 Å². The highest BCUT2D eigenvalue weighted by Gasteiger charge is 2.42. The van der Waals surface area contributed by atoms with Crippen LogP contribution in [0.5, 0.6) is 0 Å². The van der Waals surface area contributed by atoms with Crippen molar-refractivity contribution >= 4 is 27.3 Å². The lowest BCUT2D eigenvalue weighted by Gasteiger charge is -2.45. The van der Waals surface area contributed by atoms with E-state index < -0.39 is 16.0 Å². The van der Waals surface area contributed by atoms with Crippen LogP contribution in [0.3, 0.4) is 0 Å². The van der Waals surface area contributed by atoms with Gasteiger partial charge in [-0.3, -0.25) is 0 Å². The topological polar surface area (TPSA) is 98.5 Å². The van der Waals surface area contributed by atoms with Gasteiger partial charge in [-0.25, -0.2) is 17.9 Å². The Kier molecular flexibility index (Phi) is 5.01. The number of fused-ring (bicyclic) bond motifs is 2. The first-order valence-corrected chi connectivity index (χ1v) is 10.6. The minimum absolute atomic E-state index is 0.0623. The average Bonchev–Trinajstić information content (AvgIpc) is 2.90. The number of hydrogen-bond acceptors (Lipinski definition) is 6. The zero-order valence-corrected chi connectivity index (χ0v) is 15.6. The SMILES string of the molecule is COC(=O)c1scc(C)c1S(=O)(=O)NC1C2CCCC1CC(N)C2. The van der Waals surface area contributed by atoms with Crippen LogP contribution in [0, 0.1) is 18.8 Å². The zero-order chi connectivity index (χ0) is 17.5. The van der Waals surface area contributed by atoms with E-state index in [-0.39, 0.29) is 33.7 Å². The van der Waals surface area contributed by atoms with E-state index in [9.17, 15) is 13.2 Å². The van der Waals surface area contributed by atoms with Gasteiger partial charge in [0.1, 0.15) is 9.77 Å². The lowest BCUT2D eigenvalue weighted by molar-refractivity contribution is 0.0602. The molecule has 1 heterocycles. The predicted octanol–water partition coefficient (Wildman–Crippen LogP) is 2.03. The molecule has 0 aromatic carbocycles. The molecule has 0 aliphatic heterocycles. The quantitative estimate of drug-likeness (QED) is 0.788. The van der Waals surface area contributed by atoms with Crippen LogP contribution < -0.4 is 10.5 Å². The maximum absolute atomic E-state index is 13.0. The van der Waals surface area contributed by atoms with Crippen LogP contribution in [0.4, 0.5) is 0 Å². The number of nitrogens with two attached hydrogens (primary N) is 1. The van der Waals surface area contributed by atoms with Crippen LogP contribution in [0.1, 0.15) is 47.3 Å². The van der Waals surface area contributed by atoms with E-state index in [1.165, 1.54) is 7.11 Å². The summed E-state index contributed by atoms with van der Waals surface area (Å²) < 4.78 is 33.6. The highest BCUT2D eigenvalue weighted by atomic mass is 32.2. The molecule has 24 heavy (non-hydrogen) atoms. The molecule has 2 aliphatic carbocycles. The molecular formula is C16H24N2O4S2. The minimum Gasteiger partial charge on any atom is -0.465 e. The van der Waals surface area contributed by atoms with Crippen molar-refractivity contribution in [1.29, 1.82) is 0 Å². The fraction of sp³-hybridized carbons (Fsp3) is 0.688. The number of carbonyl (C=O) groups excluding carboxylic acids is 1. The third-order valence-electron chi connectivity index (χ3n) is 5.23. The summed E-state index contributed by atoms with van der Waals surface area (Å²) in [4.78, 5) is 12.1. The number of hydrogen-bond donors (Lipinski definition) is 2. The molecule has 2 bridgehead atoms. The standard InChI is InChI=1S/C16H24N2O4S2/c1-9-8-23-14(16(19)22-2)15(9)24(20,21)18-13-10-4-3-5-11(13)7-12(17)6-10/h8,10-13,18H,3-7,17H2,1-2H3. The number of sulfonamides is 1. The monoisotopic (exact) mass is 372 g/mol. The second-order valence-corrected chi connectivity index (χ2v) is 9.43. The minimum atomic E-state index is -3.77. The summed E-state index contributed by atoms with van der Waals surface area (Å²) in [6.45, 7) is 1.70. The summed E-state index contributed by atoms with van der Waals surface area (Å²) >= 11 is 1.11. The Morgan fingerprint density at radius 2 is 1.96 bits per heavy atom. The molecule has 2 unspecified atom stereocenters. The first-order valence-electron chi connectivity index (χ1n) is 8.27. The maximum Gasteiger partial charge on any atom is 0.349 e. The Labute approximate surface area is 146 Å². The van der Waals surface area contributed by atoms with Gasteiger partial charge >= 0.3 is 5.97 Å². The number of thiophene rings is 1. The Balaban J connectivity index is 1.90. The van der Waals surface area contributed by atoms with Crippen LogP contribution in [0.15, 0.2) is 10.3 Å². The van der Waals surface area contributed by atoms with Gasteiger partial charge < -0.3 is 10.5 Å². The van der Waals surface area contributed by atoms with Crippen molar-refractivity contribution in [2.24, 2.45) is 17.6 Å². The largest absolute Gasteiger partial charge is 0.465 e. The van der Waals surface area contributed by atoms with Gasteiger partial charge in [-0.05, 0) is 55.4 Å². The molecule has 6 nitrogen and oxygen atoms in total. The second kappa shape index (κ2) is 6.74. The van der Waals surface area contributed by atoms with Crippen molar-refractivity contribution in [2.75, 3.05) is 7.11 Å². The molecule has 0 amide bonds. The third-order valence-corrected chi connectivity index (χ3v) is 8.08. The van der Waals surface area contributed by atoms with Crippen molar-refractivity contribution in [3.8, 4) is 0 Å². The fourth-order valence-corrected chi connectivity index (χ4v) is 7.30. The Hall–Kier alpha value is -0.960. The van der Waals surface area contributed by atoms with Crippen LogP contribution in [-0.4, -0.2) is 33.6 Å². The normalized spacial score (nSPS) is 30.1. The molecule has 0 spiro atoms. The van der Waals surface area contributed by atoms with E-state index in [1.807, 2.05) is 0 Å². The van der Waals surface area contributed by atoms with Gasteiger partial charge in [-0.1, -0.05) is 6.42 Å². The molecule has 1 aromatic rings. The van der Waals surface area contributed by atoms with Crippen molar-refractivity contribution in [2.45, 2.75) is 56.0 Å². The van der Waals surface area contributed by atoms with Crippen molar-refractivity contribution in [3.05, 3.63) is 15.8 Å². The molecule has 8 heteroatoms. The van der Waals surface area contributed by atoms with E-state index in [4.69, 9.17) is 10.5 Å². The van der Waals surface area contributed by atoms with Gasteiger partial charge in [0.05, 0.1) is 7.11 Å². The highest BCUT2D eigenvalue weighted by molar-refractivity contribution is 7.89. The van der Waals surface area contributed by atoms with Crippen molar-refractivity contribution in [1.82, 2.24) is 4.72 Å². The van der Waals surface area contributed by atoms with Crippen LogP contribution in [0.25, 0.3) is 0 Å². The lowest BCUT2D eigenvalue weighted by Crippen LogP contribution is -2.53. The molecule has 3 N–H and O–H groups in total. The number of methoxy groups -OCH3 is 1. The summed E-state index contributed by atoms with van der Waals surface area (Å²) in [5.41, 5.74) is 6.69. The maximum atomic E-state index is 13.0. The zero-order valence-electron chi connectivity index (χ0n) is 13.9. The first kappa shape index (κ1) is 17.8. The summed E-state index contributed by atoms with van der Waals surface area (Å²) in [5, 5.41) is 1.68. The Morgan fingerprint density at radius 3 is 2.54 bits per heavy atom. The molecule has 2 atom stereocenters. The van der Waals surface area contributed by atoms with Crippen molar-refractivity contribution < 1.29 is 17.9 Å². The number of rotatable bonds is 4. The van der Waals surface area contributed by atoms with Gasteiger partial charge in [0.2, 0.25) is 10.0 Å². The molecule has 134 valence electrons. The number of ether oxygens (including phenoxy) is 1. The molecule has 2 saturated carbocycles.